The molecule has 0 saturated carbocycles. The van der Waals surface area contributed by atoms with Crippen LogP contribution in [0.5, 0.6) is 0 Å². The van der Waals surface area contributed by atoms with E-state index in [9.17, 15) is 14.4 Å². The van der Waals surface area contributed by atoms with Gasteiger partial charge in [0.2, 0.25) is 5.91 Å². The van der Waals surface area contributed by atoms with E-state index in [1.54, 1.807) is 37.3 Å². The molecule has 0 atom stereocenters. The van der Waals surface area contributed by atoms with Gasteiger partial charge < -0.3 is 15.6 Å². The van der Waals surface area contributed by atoms with E-state index in [1.807, 2.05) is 18.2 Å². The van der Waals surface area contributed by atoms with Crippen molar-refractivity contribution >= 4 is 39.9 Å². The normalized spacial score (nSPS) is 10.5. The van der Waals surface area contributed by atoms with Crippen molar-refractivity contribution in [1.29, 1.82) is 0 Å². The zero-order valence-corrected chi connectivity index (χ0v) is 13.8. The number of aromatic amines is 1. The molecule has 0 radical (unpaired) electrons. The highest BCUT2D eigenvalue weighted by atomic mass is 16.2. The first-order chi connectivity index (χ1) is 12.0. The van der Waals surface area contributed by atoms with Gasteiger partial charge in [-0.15, -0.1) is 0 Å². The Morgan fingerprint density at radius 2 is 1.60 bits per heavy atom. The molecule has 6 heteroatoms. The van der Waals surface area contributed by atoms with Gasteiger partial charge in [0.25, 0.3) is 11.7 Å². The molecule has 6 nitrogen and oxygen atoms in total. The van der Waals surface area contributed by atoms with Gasteiger partial charge in [-0.05, 0) is 31.2 Å². The van der Waals surface area contributed by atoms with E-state index in [4.69, 9.17) is 0 Å². The molecule has 3 N–H and O–H groups in total. The summed E-state index contributed by atoms with van der Waals surface area (Å²) in [4.78, 5) is 39.2. The summed E-state index contributed by atoms with van der Waals surface area (Å²) in [5.74, 6) is -1.55. The molecule has 3 rings (SSSR count). The molecule has 1 aromatic heterocycles. The highest BCUT2D eigenvalue weighted by Gasteiger charge is 2.22. The molecule has 0 bridgehead atoms. The Kier molecular flexibility index (Phi) is 4.35. The highest BCUT2D eigenvalue weighted by Crippen LogP contribution is 2.23. The van der Waals surface area contributed by atoms with E-state index in [-0.39, 0.29) is 5.91 Å². The van der Waals surface area contributed by atoms with Crippen molar-refractivity contribution in [2.24, 2.45) is 0 Å². The molecule has 3 aromatic rings. The van der Waals surface area contributed by atoms with Crippen LogP contribution >= 0.6 is 0 Å². The summed E-state index contributed by atoms with van der Waals surface area (Å²) in [7, 11) is 0. The zero-order valence-electron chi connectivity index (χ0n) is 13.8. The minimum absolute atomic E-state index is 0.214. The van der Waals surface area contributed by atoms with Gasteiger partial charge in [-0.25, -0.2) is 0 Å². The number of carbonyl (C=O) groups excluding carboxylic acids is 3. The fourth-order valence-electron chi connectivity index (χ4n) is 2.75. The Labute approximate surface area is 144 Å². The smallest absolute Gasteiger partial charge is 0.296 e. The number of anilines is 2. The number of H-pyrrole nitrogens is 1. The second kappa shape index (κ2) is 6.60. The van der Waals surface area contributed by atoms with Crippen LogP contribution in [0.1, 0.15) is 23.0 Å². The predicted octanol–water partition coefficient (Wildman–Crippen LogP) is 3.26. The summed E-state index contributed by atoms with van der Waals surface area (Å²) in [5, 5.41) is 5.93. The van der Waals surface area contributed by atoms with Crippen molar-refractivity contribution < 1.29 is 14.4 Å². The maximum Gasteiger partial charge on any atom is 0.296 e. The first-order valence-electron chi connectivity index (χ1n) is 7.76. The van der Waals surface area contributed by atoms with E-state index in [0.717, 1.165) is 5.52 Å². The summed E-state index contributed by atoms with van der Waals surface area (Å²) in [6, 6.07) is 14.0. The first kappa shape index (κ1) is 16.4. The van der Waals surface area contributed by atoms with Crippen LogP contribution in [0.3, 0.4) is 0 Å². The van der Waals surface area contributed by atoms with Gasteiger partial charge in [0.15, 0.2) is 0 Å². The van der Waals surface area contributed by atoms with E-state index in [0.29, 0.717) is 28.0 Å². The number of rotatable bonds is 4. The number of hydrogen-bond acceptors (Lipinski definition) is 3. The van der Waals surface area contributed by atoms with E-state index >= 15 is 0 Å². The molecule has 1 heterocycles. The second-order valence-electron chi connectivity index (χ2n) is 5.72. The molecule has 0 fully saturated rings. The Hall–Kier alpha value is -3.41. The topological polar surface area (TPSA) is 91.1 Å². The van der Waals surface area contributed by atoms with E-state index in [2.05, 4.69) is 15.6 Å². The quantitative estimate of drug-likeness (QED) is 0.505. The number of para-hydroxylation sites is 1. The van der Waals surface area contributed by atoms with Crippen molar-refractivity contribution in [3.8, 4) is 0 Å². The van der Waals surface area contributed by atoms with Crippen LogP contribution in [0.15, 0.2) is 48.5 Å². The number of nitrogens with one attached hydrogen (secondary N) is 3. The van der Waals surface area contributed by atoms with Gasteiger partial charge in [-0.3, -0.25) is 14.4 Å². The molecule has 0 spiro atoms. The number of aryl methyl sites for hydroxylation is 1. The van der Waals surface area contributed by atoms with Crippen LogP contribution in [0.4, 0.5) is 11.4 Å². The van der Waals surface area contributed by atoms with Gasteiger partial charge in [0, 0.05) is 34.9 Å². The first-order valence-corrected chi connectivity index (χ1v) is 7.76. The summed E-state index contributed by atoms with van der Waals surface area (Å²) >= 11 is 0. The summed E-state index contributed by atoms with van der Waals surface area (Å²) < 4.78 is 0. The Balaban J connectivity index is 1.85. The third-order valence-electron chi connectivity index (χ3n) is 3.77. The Morgan fingerprint density at radius 1 is 0.920 bits per heavy atom. The van der Waals surface area contributed by atoms with Gasteiger partial charge in [-0.1, -0.05) is 24.3 Å². The lowest BCUT2D eigenvalue weighted by molar-refractivity contribution is -0.114. The van der Waals surface area contributed by atoms with Crippen LogP contribution in [0.2, 0.25) is 0 Å². The van der Waals surface area contributed by atoms with Gasteiger partial charge >= 0.3 is 0 Å². The summed E-state index contributed by atoms with van der Waals surface area (Å²) in [6.45, 7) is 3.16. The molecule has 25 heavy (non-hydrogen) atoms. The lowest BCUT2D eigenvalue weighted by Gasteiger charge is -2.07. The van der Waals surface area contributed by atoms with Crippen molar-refractivity contribution in [3.05, 3.63) is 59.8 Å². The largest absolute Gasteiger partial charge is 0.358 e. The maximum absolute atomic E-state index is 12.6. The zero-order chi connectivity index (χ0) is 18.0. The van der Waals surface area contributed by atoms with Crippen molar-refractivity contribution in [1.82, 2.24) is 4.98 Å². The van der Waals surface area contributed by atoms with Gasteiger partial charge in [0.05, 0.1) is 5.56 Å². The Bertz CT molecular complexity index is 988. The summed E-state index contributed by atoms with van der Waals surface area (Å²) in [6.07, 6.45) is 0. The number of ketones is 1. The van der Waals surface area contributed by atoms with E-state index < -0.39 is 11.7 Å². The number of Topliss-reactive ketones (excluding diaryl/α,β-unsaturated/α-hetero) is 1. The number of hydrogen-bond donors (Lipinski definition) is 3. The lowest BCUT2D eigenvalue weighted by atomic mass is 10.1. The highest BCUT2D eigenvalue weighted by molar-refractivity contribution is 6.48. The minimum Gasteiger partial charge on any atom is -0.358 e. The fraction of sp³-hybridized carbons (Fsp3) is 0.105. The number of aromatic nitrogens is 1. The maximum atomic E-state index is 12.6. The molecule has 2 amide bonds. The summed E-state index contributed by atoms with van der Waals surface area (Å²) in [5.41, 5.74) is 2.80. The fourth-order valence-corrected chi connectivity index (χ4v) is 2.75. The SMILES string of the molecule is CC(=O)Nc1cccc(NC(=O)C(=O)c2c(C)[nH]c3ccccc23)c1. The molecule has 0 saturated heterocycles. The third-order valence-corrected chi connectivity index (χ3v) is 3.77. The average molecular weight is 335 g/mol. The van der Waals surface area contributed by atoms with Gasteiger partial charge in [0.1, 0.15) is 0 Å². The standard InChI is InChI=1S/C19H17N3O3/c1-11-17(15-8-3-4-9-16(15)20-11)18(24)19(25)22-14-7-5-6-13(10-14)21-12(2)23/h3-10,20H,1-2H3,(H,21,23)(H,22,25). The van der Waals surface area contributed by atoms with Crippen LogP contribution < -0.4 is 10.6 Å². The molecule has 0 aliphatic heterocycles. The van der Waals surface area contributed by atoms with E-state index in [1.165, 1.54) is 6.92 Å². The molecule has 0 aliphatic rings. The molecule has 126 valence electrons. The molecular formula is C19H17N3O3. The van der Waals surface area contributed by atoms with Crippen molar-refractivity contribution in [3.63, 3.8) is 0 Å². The van der Waals surface area contributed by atoms with Crippen molar-refractivity contribution in [2.75, 3.05) is 10.6 Å². The van der Waals surface area contributed by atoms with Crippen LogP contribution in [-0.4, -0.2) is 22.6 Å². The molecule has 2 aromatic carbocycles. The molecular weight excluding hydrogens is 318 g/mol. The third kappa shape index (κ3) is 3.42. The van der Waals surface area contributed by atoms with Crippen molar-refractivity contribution in [2.45, 2.75) is 13.8 Å². The van der Waals surface area contributed by atoms with Crippen LogP contribution in [-0.2, 0) is 9.59 Å². The minimum atomic E-state index is -0.729. The monoisotopic (exact) mass is 335 g/mol. The molecule has 0 aliphatic carbocycles. The average Bonchev–Trinajstić information content (AvgIpc) is 2.89. The van der Waals surface area contributed by atoms with Crippen LogP contribution in [0.25, 0.3) is 10.9 Å². The molecule has 0 unspecified atom stereocenters. The Morgan fingerprint density at radius 3 is 2.32 bits per heavy atom. The lowest BCUT2D eigenvalue weighted by Crippen LogP contribution is -2.23. The van der Waals surface area contributed by atoms with Crippen LogP contribution in [0, 0.1) is 6.92 Å². The second-order valence-corrected chi connectivity index (χ2v) is 5.72. The number of carbonyl (C=O) groups is 3. The number of fused-ring (bicyclic) bond motifs is 1. The number of amides is 2. The van der Waals surface area contributed by atoms with Gasteiger partial charge in [-0.2, -0.15) is 0 Å². The number of benzene rings is 2. The predicted molar refractivity (Wildman–Crippen MR) is 96.7 cm³/mol.